The fourth-order valence-electron chi connectivity index (χ4n) is 4.53. The van der Waals surface area contributed by atoms with E-state index in [0.29, 0.717) is 17.0 Å². The molecule has 5 amide bonds. The van der Waals surface area contributed by atoms with Gasteiger partial charge in [0.25, 0.3) is 11.8 Å². The minimum Gasteiger partial charge on any atom is -0.477 e. The van der Waals surface area contributed by atoms with E-state index in [2.05, 4.69) is 10.6 Å². The number of hydrogen-bond donors (Lipinski definition) is 2. The van der Waals surface area contributed by atoms with E-state index >= 15 is 0 Å². The first-order valence-corrected chi connectivity index (χ1v) is 11.2. The summed E-state index contributed by atoms with van der Waals surface area (Å²) in [5.41, 5.74) is -0.211. The van der Waals surface area contributed by atoms with Crippen molar-refractivity contribution in [1.29, 1.82) is 0 Å². The fourth-order valence-corrected chi connectivity index (χ4v) is 4.53. The van der Waals surface area contributed by atoms with Crippen molar-refractivity contribution < 1.29 is 23.9 Å². The first kappa shape index (κ1) is 22.4. The molecule has 2 aliphatic rings. The minimum absolute atomic E-state index is 0.0406. The van der Waals surface area contributed by atoms with Gasteiger partial charge in [0, 0.05) is 7.05 Å². The molecule has 9 heteroatoms. The predicted octanol–water partition coefficient (Wildman–Crippen LogP) is 2.15. The maximum Gasteiger partial charge on any atom is 0.325 e. The number of carbonyl (C=O) groups excluding carboxylic acids is 4. The molecule has 2 heterocycles. The second-order valence-electron chi connectivity index (χ2n) is 8.70. The van der Waals surface area contributed by atoms with Crippen molar-refractivity contribution in [2.45, 2.75) is 18.6 Å². The van der Waals surface area contributed by atoms with Gasteiger partial charge in [0.1, 0.15) is 17.8 Å². The van der Waals surface area contributed by atoms with Gasteiger partial charge >= 0.3 is 6.03 Å². The molecule has 0 radical (unpaired) electrons. The van der Waals surface area contributed by atoms with Gasteiger partial charge in [-0.3, -0.25) is 19.3 Å². The van der Waals surface area contributed by atoms with Crippen molar-refractivity contribution in [1.82, 2.24) is 15.5 Å². The Hall–Kier alpha value is -4.40. The molecular formula is C26H24N4O5. The number of fused-ring (bicyclic) bond motifs is 2. The maximum absolute atomic E-state index is 13.4. The molecule has 3 aromatic carbocycles. The molecule has 0 aromatic heterocycles. The van der Waals surface area contributed by atoms with Crippen molar-refractivity contribution >= 4 is 40.2 Å². The smallest absolute Gasteiger partial charge is 0.325 e. The summed E-state index contributed by atoms with van der Waals surface area (Å²) >= 11 is 0. The zero-order chi connectivity index (χ0) is 24.7. The van der Waals surface area contributed by atoms with Gasteiger partial charge in [0.2, 0.25) is 5.91 Å². The van der Waals surface area contributed by atoms with E-state index in [9.17, 15) is 19.2 Å². The zero-order valence-corrected chi connectivity index (χ0v) is 19.3. The number of rotatable bonds is 4. The van der Waals surface area contributed by atoms with Gasteiger partial charge in [0.05, 0.1) is 12.2 Å². The summed E-state index contributed by atoms with van der Waals surface area (Å²) in [5.74, 6) is -1.02. The maximum atomic E-state index is 13.4. The number of likely N-dealkylation sites (N-methyl/N-ethyl adjacent to an activating group) is 1. The van der Waals surface area contributed by atoms with Crippen molar-refractivity contribution in [3.63, 3.8) is 0 Å². The van der Waals surface area contributed by atoms with Crippen LogP contribution in [0.4, 0.5) is 10.5 Å². The van der Waals surface area contributed by atoms with Gasteiger partial charge in [-0.1, -0.05) is 48.5 Å². The third kappa shape index (κ3) is 3.74. The molecule has 0 unspecified atom stereocenters. The standard InChI is InChI=1S/C26H24N4O5/c1-26(18-12-11-16-7-3-4-8-17(16)13-18)24(33)30(25(34)28-26)15-22(31)29-14-21(23(32)27-2)35-20-10-6-5-9-19(20)29/h3-13,21H,14-15H2,1-2H3,(H,27,32)(H,28,34)/t21-,26+/m0/s1. The monoisotopic (exact) mass is 472 g/mol. The van der Waals surface area contributed by atoms with E-state index in [0.717, 1.165) is 15.7 Å². The normalized spacial score (nSPS) is 21.4. The average Bonchev–Trinajstić information content (AvgIpc) is 3.10. The molecule has 9 nitrogen and oxygen atoms in total. The van der Waals surface area contributed by atoms with E-state index in [1.165, 1.54) is 11.9 Å². The number of amides is 5. The third-order valence-corrected chi connectivity index (χ3v) is 6.51. The Bertz CT molecular complexity index is 1370. The van der Waals surface area contributed by atoms with Crippen LogP contribution in [-0.4, -0.2) is 54.9 Å². The summed E-state index contributed by atoms with van der Waals surface area (Å²) in [4.78, 5) is 54.2. The van der Waals surface area contributed by atoms with Crippen LogP contribution in [0.15, 0.2) is 66.7 Å². The molecule has 0 aliphatic carbocycles. The topological polar surface area (TPSA) is 108 Å². The highest BCUT2D eigenvalue weighted by Gasteiger charge is 2.50. The molecule has 2 atom stereocenters. The number of nitrogens with zero attached hydrogens (tertiary/aromatic N) is 2. The Morgan fingerprint density at radius 2 is 1.77 bits per heavy atom. The largest absolute Gasteiger partial charge is 0.477 e. The molecule has 3 aromatic rings. The number of anilines is 1. The first-order chi connectivity index (χ1) is 16.8. The summed E-state index contributed by atoms with van der Waals surface area (Å²) in [7, 11) is 1.49. The Labute approximate surface area is 201 Å². The van der Waals surface area contributed by atoms with Crippen molar-refractivity contribution in [3.8, 4) is 5.75 Å². The molecule has 5 rings (SSSR count). The van der Waals surface area contributed by atoms with Crippen molar-refractivity contribution in [2.24, 2.45) is 0 Å². The molecule has 2 N–H and O–H groups in total. The summed E-state index contributed by atoms with van der Waals surface area (Å²) in [5, 5.41) is 7.23. The van der Waals surface area contributed by atoms with Crippen LogP contribution in [0.5, 0.6) is 5.75 Å². The van der Waals surface area contributed by atoms with Gasteiger partial charge in [-0.05, 0) is 41.5 Å². The second kappa shape index (κ2) is 8.43. The second-order valence-corrected chi connectivity index (χ2v) is 8.70. The first-order valence-electron chi connectivity index (χ1n) is 11.2. The van der Waals surface area contributed by atoms with E-state index in [1.807, 2.05) is 36.4 Å². The van der Waals surface area contributed by atoms with Gasteiger partial charge in [-0.2, -0.15) is 0 Å². The predicted molar refractivity (Wildman–Crippen MR) is 129 cm³/mol. The average molecular weight is 473 g/mol. The van der Waals surface area contributed by atoms with Crippen LogP contribution < -0.4 is 20.3 Å². The Morgan fingerprint density at radius 1 is 1.06 bits per heavy atom. The summed E-state index contributed by atoms with van der Waals surface area (Å²) in [6, 6.07) is 19.5. The number of para-hydroxylation sites is 2. The quantitative estimate of drug-likeness (QED) is 0.566. The number of ether oxygens (including phenoxy) is 1. The van der Waals surface area contributed by atoms with Crippen LogP contribution >= 0.6 is 0 Å². The Kier molecular flexibility index (Phi) is 5.39. The number of nitrogens with one attached hydrogen (secondary N) is 2. The van der Waals surface area contributed by atoms with Crippen LogP contribution in [0.3, 0.4) is 0 Å². The molecule has 35 heavy (non-hydrogen) atoms. The minimum atomic E-state index is -1.31. The lowest BCUT2D eigenvalue weighted by atomic mass is 9.90. The highest BCUT2D eigenvalue weighted by atomic mass is 16.5. The molecule has 1 saturated heterocycles. The van der Waals surface area contributed by atoms with Crippen LogP contribution in [0.25, 0.3) is 10.8 Å². The summed E-state index contributed by atoms with van der Waals surface area (Å²) in [6.45, 7) is 1.12. The lowest BCUT2D eigenvalue weighted by molar-refractivity contribution is -0.134. The van der Waals surface area contributed by atoms with Crippen LogP contribution in [0.1, 0.15) is 12.5 Å². The molecule has 2 aliphatic heterocycles. The summed E-state index contributed by atoms with van der Waals surface area (Å²) in [6.07, 6.45) is -0.912. The van der Waals surface area contributed by atoms with Crippen LogP contribution in [0.2, 0.25) is 0 Å². The van der Waals surface area contributed by atoms with E-state index in [-0.39, 0.29) is 12.5 Å². The molecule has 1 fully saturated rings. The number of urea groups is 1. The SMILES string of the molecule is CNC(=O)[C@@H]1CN(C(=O)CN2C(=O)N[C@](C)(c3ccc4ccccc4c3)C2=O)c2ccccc2O1. The molecule has 0 spiro atoms. The number of benzene rings is 3. The van der Waals surface area contributed by atoms with Crippen LogP contribution in [-0.2, 0) is 19.9 Å². The highest BCUT2D eigenvalue weighted by Crippen LogP contribution is 2.34. The van der Waals surface area contributed by atoms with Gasteiger partial charge in [-0.25, -0.2) is 4.79 Å². The van der Waals surface area contributed by atoms with E-state index in [4.69, 9.17) is 4.74 Å². The number of hydrogen-bond acceptors (Lipinski definition) is 5. The number of carbonyl (C=O) groups is 4. The number of imide groups is 1. The fraction of sp³-hybridized carbons (Fsp3) is 0.231. The Balaban J connectivity index is 1.41. The zero-order valence-electron chi connectivity index (χ0n) is 19.3. The third-order valence-electron chi connectivity index (χ3n) is 6.51. The lowest BCUT2D eigenvalue weighted by Crippen LogP contribution is -2.52. The van der Waals surface area contributed by atoms with E-state index in [1.54, 1.807) is 37.3 Å². The molecule has 178 valence electrons. The summed E-state index contributed by atoms with van der Waals surface area (Å²) < 4.78 is 5.74. The van der Waals surface area contributed by atoms with Crippen molar-refractivity contribution in [3.05, 3.63) is 72.3 Å². The Morgan fingerprint density at radius 3 is 2.54 bits per heavy atom. The molecule has 0 saturated carbocycles. The lowest BCUT2D eigenvalue weighted by Gasteiger charge is -2.34. The van der Waals surface area contributed by atoms with Crippen LogP contribution in [0, 0.1) is 0 Å². The molecular weight excluding hydrogens is 448 g/mol. The van der Waals surface area contributed by atoms with Gasteiger partial charge in [-0.15, -0.1) is 0 Å². The molecule has 0 bridgehead atoms. The van der Waals surface area contributed by atoms with Crippen molar-refractivity contribution in [2.75, 3.05) is 25.0 Å². The van der Waals surface area contributed by atoms with Gasteiger partial charge in [0.15, 0.2) is 6.10 Å². The highest BCUT2D eigenvalue weighted by molar-refractivity contribution is 6.11. The van der Waals surface area contributed by atoms with E-state index < -0.39 is 36.0 Å². The van der Waals surface area contributed by atoms with Gasteiger partial charge < -0.3 is 20.3 Å².